The van der Waals surface area contributed by atoms with Crippen molar-refractivity contribution < 1.29 is 4.79 Å². The lowest BCUT2D eigenvalue weighted by molar-refractivity contribution is 0.0996. The Morgan fingerprint density at radius 2 is 2.33 bits per heavy atom. The summed E-state index contributed by atoms with van der Waals surface area (Å²) in [5.74, 6) is -0.645. The third kappa shape index (κ3) is 0.987. The van der Waals surface area contributed by atoms with E-state index in [0.717, 1.165) is 0 Å². The van der Waals surface area contributed by atoms with Gasteiger partial charge in [-0.3, -0.25) is 4.79 Å². The minimum absolute atomic E-state index is 0.0972. The summed E-state index contributed by atoms with van der Waals surface area (Å²) in [7, 11) is 0. The van der Waals surface area contributed by atoms with Gasteiger partial charge in [0.15, 0.2) is 0 Å². The second-order valence-corrected chi connectivity index (χ2v) is 1.52. The van der Waals surface area contributed by atoms with Gasteiger partial charge in [0.2, 0.25) is 0 Å². The summed E-state index contributed by atoms with van der Waals surface area (Å²) in [5, 5.41) is 0. The Morgan fingerprint density at radius 3 is 2.56 bits per heavy atom. The van der Waals surface area contributed by atoms with Crippen molar-refractivity contribution in [3.05, 3.63) is 22.4 Å². The van der Waals surface area contributed by atoms with E-state index in [-0.39, 0.29) is 5.69 Å². The predicted molar refractivity (Wildman–Crippen MR) is 29.9 cm³/mol. The average Bonchev–Trinajstić information content (AvgIpc) is 2.14. The van der Waals surface area contributed by atoms with Crippen LogP contribution in [0.25, 0.3) is 0 Å². The number of nitrogens with one attached hydrogen (secondary N) is 2. The number of nitrogens with two attached hydrogens (primary N) is 1. The number of primary amides is 1. The topological polar surface area (TPSA) is 91.7 Å². The second-order valence-electron chi connectivity index (χ2n) is 1.52. The van der Waals surface area contributed by atoms with Gasteiger partial charge in [-0.05, 0) is 0 Å². The molecular formula is C4H5N3O2. The lowest BCUT2D eigenvalue weighted by Crippen LogP contribution is -2.13. The van der Waals surface area contributed by atoms with E-state index >= 15 is 0 Å². The second kappa shape index (κ2) is 1.77. The smallest absolute Gasteiger partial charge is 0.323 e. The van der Waals surface area contributed by atoms with E-state index < -0.39 is 11.6 Å². The maximum Gasteiger partial charge on any atom is 0.323 e. The highest BCUT2D eigenvalue weighted by molar-refractivity contribution is 5.90. The first-order chi connectivity index (χ1) is 4.20. The summed E-state index contributed by atoms with van der Waals surface area (Å²) in [6.45, 7) is 0. The molecule has 0 radical (unpaired) electrons. The Morgan fingerprint density at radius 1 is 1.67 bits per heavy atom. The Kier molecular flexibility index (Phi) is 1.11. The molecule has 0 aromatic carbocycles. The van der Waals surface area contributed by atoms with E-state index in [1.165, 1.54) is 6.20 Å². The Balaban J connectivity index is 3.12. The quantitative estimate of drug-likeness (QED) is 0.442. The molecule has 48 valence electrons. The summed E-state index contributed by atoms with van der Waals surface area (Å²) >= 11 is 0. The van der Waals surface area contributed by atoms with E-state index in [1.807, 2.05) is 0 Å². The average molecular weight is 127 g/mol. The maximum absolute atomic E-state index is 10.3. The third-order valence-electron chi connectivity index (χ3n) is 0.861. The van der Waals surface area contributed by atoms with Crippen LogP contribution >= 0.6 is 0 Å². The van der Waals surface area contributed by atoms with Crippen molar-refractivity contribution in [1.82, 2.24) is 9.97 Å². The van der Waals surface area contributed by atoms with Gasteiger partial charge in [0.05, 0.1) is 0 Å². The largest absolute Gasteiger partial charge is 0.364 e. The van der Waals surface area contributed by atoms with Crippen LogP contribution in [0.4, 0.5) is 0 Å². The van der Waals surface area contributed by atoms with Gasteiger partial charge in [-0.1, -0.05) is 0 Å². The van der Waals surface area contributed by atoms with E-state index in [1.54, 1.807) is 0 Å². The lowest BCUT2D eigenvalue weighted by Gasteiger charge is -1.80. The first-order valence-electron chi connectivity index (χ1n) is 2.27. The Labute approximate surface area is 49.9 Å². The van der Waals surface area contributed by atoms with Gasteiger partial charge >= 0.3 is 5.69 Å². The molecule has 0 atom stereocenters. The number of aromatic nitrogens is 2. The molecule has 0 spiro atoms. The van der Waals surface area contributed by atoms with E-state index in [4.69, 9.17) is 5.73 Å². The van der Waals surface area contributed by atoms with Crippen LogP contribution in [0.5, 0.6) is 0 Å². The molecule has 1 aromatic rings. The lowest BCUT2D eigenvalue weighted by atomic mass is 10.5. The van der Waals surface area contributed by atoms with E-state index in [9.17, 15) is 9.59 Å². The van der Waals surface area contributed by atoms with Crippen molar-refractivity contribution in [2.24, 2.45) is 5.73 Å². The molecule has 5 heteroatoms. The molecule has 0 unspecified atom stereocenters. The zero-order valence-electron chi connectivity index (χ0n) is 4.47. The van der Waals surface area contributed by atoms with E-state index in [2.05, 4.69) is 9.97 Å². The standard InChI is InChI=1S/C4H5N3O2/c5-3(8)2-1-6-4(9)7-2/h1H,(H2,5,8)(H2,6,7,9). The molecule has 5 nitrogen and oxygen atoms in total. The van der Waals surface area contributed by atoms with Crippen molar-refractivity contribution in [1.29, 1.82) is 0 Å². The molecule has 1 rings (SSSR count). The van der Waals surface area contributed by atoms with Crippen LogP contribution in [-0.4, -0.2) is 15.9 Å². The van der Waals surface area contributed by atoms with Crippen LogP contribution in [0.1, 0.15) is 10.5 Å². The molecule has 0 saturated heterocycles. The SMILES string of the molecule is NC(=O)c1c[nH]c(=O)[nH]1. The van der Waals surface area contributed by atoms with Gasteiger partial charge in [-0.25, -0.2) is 4.79 Å². The number of amides is 1. The number of aromatic amines is 2. The summed E-state index contributed by atoms with van der Waals surface area (Å²) in [5.41, 5.74) is 4.47. The van der Waals surface area contributed by atoms with Crippen molar-refractivity contribution in [3.63, 3.8) is 0 Å². The number of H-pyrrole nitrogens is 2. The Hall–Kier alpha value is -1.52. The third-order valence-corrected chi connectivity index (χ3v) is 0.861. The number of carbonyl (C=O) groups excluding carboxylic acids is 1. The molecule has 0 fully saturated rings. The Bertz CT molecular complexity index is 271. The number of imidazole rings is 1. The fraction of sp³-hybridized carbons (Fsp3) is 0. The van der Waals surface area contributed by atoms with Crippen LogP contribution in [0.3, 0.4) is 0 Å². The molecule has 0 aliphatic rings. The minimum Gasteiger partial charge on any atom is -0.364 e. The van der Waals surface area contributed by atoms with Crippen molar-refractivity contribution in [2.75, 3.05) is 0 Å². The first-order valence-corrected chi connectivity index (χ1v) is 2.27. The van der Waals surface area contributed by atoms with E-state index in [0.29, 0.717) is 0 Å². The normalized spacial score (nSPS) is 9.33. The molecule has 0 saturated carbocycles. The van der Waals surface area contributed by atoms with Gasteiger partial charge in [0.25, 0.3) is 5.91 Å². The highest BCUT2D eigenvalue weighted by Gasteiger charge is 1.99. The van der Waals surface area contributed by atoms with Crippen LogP contribution in [0.2, 0.25) is 0 Å². The van der Waals surface area contributed by atoms with Gasteiger partial charge in [-0.2, -0.15) is 0 Å². The van der Waals surface area contributed by atoms with Gasteiger partial charge < -0.3 is 15.7 Å². The molecule has 4 N–H and O–H groups in total. The van der Waals surface area contributed by atoms with Crippen LogP contribution in [0.15, 0.2) is 11.0 Å². The van der Waals surface area contributed by atoms with Crippen molar-refractivity contribution in [2.45, 2.75) is 0 Å². The van der Waals surface area contributed by atoms with Crippen molar-refractivity contribution >= 4 is 5.91 Å². The molecule has 9 heavy (non-hydrogen) atoms. The summed E-state index contributed by atoms with van der Waals surface area (Å²) in [6.07, 6.45) is 1.23. The predicted octanol–water partition coefficient (Wildman–Crippen LogP) is -1.20. The van der Waals surface area contributed by atoms with Crippen molar-refractivity contribution in [3.8, 4) is 0 Å². The number of hydrogen-bond donors (Lipinski definition) is 3. The highest BCUT2D eigenvalue weighted by atomic mass is 16.2. The van der Waals surface area contributed by atoms with Crippen LogP contribution < -0.4 is 11.4 Å². The fourth-order valence-corrected chi connectivity index (χ4v) is 0.465. The summed E-state index contributed by atoms with van der Waals surface area (Å²) in [6, 6.07) is 0. The highest BCUT2D eigenvalue weighted by Crippen LogP contribution is 1.81. The van der Waals surface area contributed by atoms with Gasteiger partial charge in [0, 0.05) is 6.20 Å². The molecule has 0 bridgehead atoms. The molecule has 1 amide bonds. The zero-order valence-corrected chi connectivity index (χ0v) is 4.47. The van der Waals surface area contributed by atoms with Gasteiger partial charge in [0.1, 0.15) is 5.69 Å². The zero-order chi connectivity index (χ0) is 6.85. The maximum atomic E-state index is 10.3. The minimum atomic E-state index is -0.645. The summed E-state index contributed by atoms with van der Waals surface area (Å²) in [4.78, 5) is 25.0. The van der Waals surface area contributed by atoms with Crippen LogP contribution in [0, 0.1) is 0 Å². The summed E-state index contributed by atoms with van der Waals surface area (Å²) < 4.78 is 0. The number of hydrogen-bond acceptors (Lipinski definition) is 2. The molecular weight excluding hydrogens is 122 g/mol. The molecule has 1 heterocycles. The molecule has 0 aliphatic heterocycles. The first kappa shape index (κ1) is 5.61. The van der Waals surface area contributed by atoms with Gasteiger partial charge in [-0.15, -0.1) is 0 Å². The number of carbonyl (C=O) groups is 1. The fourth-order valence-electron chi connectivity index (χ4n) is 0.465. The molecule has 1 aromatic heterocycles. The monoisotopic (exact) mass is 127 g/mol. The molecule has 0 aliphatic carbocycles. The van der Waals surface area contributed by atoms with Crippen LogP contribution in [-0.2, 0) is 0 Å². The number of rotatable bonds is 1.